The highest BCUT2D eigenvalue weighted by Crippen LogP contribution is 2.53. The number of nitrogens with zero attached hydrogens (tertiary/aromatic N) is 2. The van der Waals surface area contributed by atoms with Crippen LogP contribution in [0.2, 0.25) is 0 Å². The molecular formula is C30H38N6O8. The molecule has 0 aromatic carbocycles. The minimum atomic E-state index is -1.33. The molecule has 0 spiro atoms. The van der Waals surface area contributed by atoms with Crippen molar-refractivity contribution >= 4 is 35.1 Å². The maximum atomic E-state index is 13.2. The molecule has 2 heterocycles. The highest BCUT2D eigenvalue weighted by molar-refractivity contribution is 6.36. The number of oxazole rings is 1. The van der Waals surface area contributed by atoms with Gasteiger partial charge in [-0.25, -0.2) is 4.98 Å². The molecule has 0 radical (unpaired) electrons. The summed E-state index contributed by atoms with van der Waals surface area (Å²) in [5.74, 6) is -1.10. The highest BCUT2D eigenvalue weighted by Gasteiger charge is 2.48. The Bertz CT molecular complexity index is 1450. The first-order chi connectivity index (χ1) is 21.1. The Morgan fingerprint density at radius 2 is 1.77 bits per heavy atom. The Kier molecular flexibility index (Phi) is 9.45. The molecule has 4 saturated carbocycles. The van der Waals surface area contributed by atoms with Crippen LogP contribution in [0.15, 0.2) is 33.7 Å². The maximum Gasteiger partial charge on any atom is 0.307 e. The van der Waals surface area contributed by atoms with Crippen LogP contribution in [-0.2, 0) is 25.7 Å². The van der Waals surface area contributed by atoms with E-state index in [4.69, 9.17) is 9.15 Å². The third-order valence-corrected chi connectivity index (χ3v) is 9.05. The number of methoxy groups -OCH3 is 1. The van der Waals surface area contributed by atoms with Crippen LogP contribution in [0.1, 0.15) is 62.1 Å². The molecule has 4 aliphatic rings. The lowest BCUT2D eigenvalue weighted by Gasteiger charge is -2.54. The van der Waals surface area contributed by atoms with Gasteiger partial charge in [-0.3, -0.25) is 28.8 Å². The minimum absolute atomic E-state index is 0.0255. The van der Waals surface area contributed by atoms with Gasteiger partial charge in [0.1, 0.15) is 17.9 Å². The van der Waals surface area contributed by atoms with Crippen LogP contribution in [0.25, 0.3) is 0 Å². The Labute approximate surface area is 253 Å². The smallest absolute Gasteiger partial charge is 0.307 e. The number of rotatable bonds is 13. The van der Waals surface area contributed by atoms with Crippen molar-refractivity contribution in [2.75, 3.05) is 19.5 Å². The summed E-state index contributed by atoms with van der Waals surface area (Å²) in [4.78, 5) is 79.6. The zero-order chi connectivity index (χ0) is 31.4. The van der Waals surface area contributed by atoms with Gasteiger partial charge in [-0.05, 0) is 74.3 Å². The first kappa shape index (κ1) is 31.0. The first-order valence-corrected chi connectivity index (χ1v) is 15.0. The third-order valence-electron chi connectivity index (χ3n) is 9.05. The van der Waals surface area contributed by atoms with Gasteiger partial charge in [-0.2, -0.15) is 0 Å². The summed E-state index contributed by atoms with van der Waals surface area (Å²) < 4.78 is 11.4. The van der Waals surface area contributed by atoms with Crippen LogP contribution < -0.4 is 31.6 Å². The second-order valence-corrected chi connectivity index (χ2v) is 11.9. The first-order valence-electron chi connectivity index (χ1n) is 15.0. The molecule has 14 nitrogen and oxygen atoms in total. The van der Waals surface area contributed by atoms with Gasteiger partial charge in [0.25, 0.3) is 17.4 Å². The van der Waals surface area contributed by atoms with Gasteiger partial charge in [0.15, 0.2) is 0 Å². The average Bonchev–Trinajstić information content (AvgIpc) is 3.50. The summed E-state index contributed by atoms with van der Waals surface area (Å²) >= 11 is 0. The van der Waals surface area contributed by atoms with Crippen molar-refractivity contribution in [1.82, 2.24) is 25.5 Å². The third kappa shape index (κ3) is 7.00. The summed E-state index contributed by atoms with van der Waals surface area (Å²) in [6.07, 6.45) is 8.30. The maximum absolute atomic E-state index is 13.2. The van der Waals surface area contributed by atoms with E-state index in [-0.39, 0.29) is 55.3 Å². The fourth-order valence-electron chi connectivity index (χ4n) is 7.14. The average molecular weight is 611 g/mol. The van der Waals surface area contributed by atoms with E-state index in [0.29, 0.717) is 11.8 Å². The number of nitrogens with one attached hydrogen (secondary N) is 4. The number of aryl methyl sites for hydroxylation is 1. The van der Waals surface area contributed by atoms with Gasteiger partial charge in [0.05, 0.1) is 7.11 Å². The largest absolute Gasteiger partial charge is 0.467 e. The number of hydrogen-bond donors (Lipinski definition) is 4. The molecule has 6 rings (SSSR count). The van der Waals surface area contributed by atoms with Crippen LogP contribution in [-0.4, -0.2) is 65.2 Å². The Balaban J connectivity index is 1.21. The molecule has 4 fully saturated rings. The van der Waals surface area contributed by atoms with Crippen molar-refractivity contribution < 1.29 is 33.1 Å². The van der Waals surface area contributed by atoms with Crippen molar-refractivity contribution in [3.63, 3.8) is 0 Å². The summed E-state index contributed by atoms with van der Waals surface area (Å²) in [7, 11) is 2.63. The summed E-state index contributed by atoms with van der Waals surface area (Å²) in [5.41, 5.74) is -0.610. The van der Waals surface area contributed by atoms with Crippen LogP contribution >= 0.6 is 0 Å². The van der Waals surface area contributed by atoms with Gasteiger partial charge in [-0.1, -0.05) is 0 Å². The van der Waals surface area contributed by atoms with Gasteiger partial charge >= 0.3 is 11.9 Å². The Hall–Kier alpha value is -4.49. The number of pyridine rings is 1. The molecule has 0 aliphatic heterocycles. The van der Waals surface area contributed by atoms with E-state index in [1.54, 1.807) is 6.07 Å². The zero-order valence-electron chi connectivity index (χ0n) is 24.8. The summed E-state index contributed by atoms with van der Waals surface area (Å²) in [6, 6.07) is 1.85. The molecule has 2 aromatic heterocycles. The number of carbonyl (C=O) groups is 5. The number of anilines is 1. The fraction of sp³-hybridized carbons (Fsp3) is 0.567. The molecule has 4 N–H and O–H groups in total. The van der Waals surface area contributed by atoms with Crippen LogP contribution in [0.5, 0.6) is 5.95 Å². The van der Waals surface area contributed by atoms with E-state index in [9.17, 15) is 28.8 Å². The van der Waals surface area contributed by atoms with Gasteiger partial charge in [0.2, 0.25) is 17.6 Å². The topological polar surface area (TPSA) is 191 Å². The predicted molar refractivity (Wildman–Crippen MR) is 156 cm³/mol. The predicted octanol–water partition coefficient (Wildman–Crippen LogP) is 1.01. The van der Waals surface area contributed by atoms with Gasteiger partial charge in [-0.15, -0.1) is 0 Å². The normalized spacial score (nSPS) is 23.8. The molecule has 236 valence electrons. The van der Waals surface area contributed by atoms with E-state index in [1.807, 2.05) is 0 Å². The quantitative estimate of drug-likeness (QED) is 0.240. The molecule has 4 amide bonds. The molecule has 1 atom stereocenters. The lowest BCUT2D eigenvalue weighted by Crippen LogP contribution is -2.55. The van der Waals surface area contributed by atoms with E-state index in [0.717, 1.165) is 11.8 Å². The number of carbonyl (C=O) groups excluding carboxylic acids is 5. The Morgan fingerprint density at radius 1 is 1.07 bits per heavy atom. The number of amides is 4. The van der Waals surface area contributed by atoms with Crippen LogP contribution in [0, 0.1) is 23.7 Å². The number of Topliss-reactive ketones (excluding diaryl/α,β-unsaturated/α-hetero) is 1. The molecule has 4 bridgehead atoms. The van der Waals surface area contributed by atoms with Crippen LogP contribution in [0.4, 0.5) is 5.69 Å². The van der Waals surface area contributed by atoms with E-state index in [2.05, 4.69) is 26.3 Å². The molecular weight excluding hydrogens is 572 g/mol. The molecule has 0 saturated heterocycles. The number of ether oxygens (including phenoxy) is 1. The van der Waals surface area contributed by atoms with Crippen molar-refractivity contribution in [3.05, 3.63) is 40.8 Å². The van der Waals surface area contributed by atoms with Crippen molar-refractivity contribution in [3.8, 4) is 5.95 Å². The van der Waals surface area contributed by atoms with E-state index < -0.39 is 35.1 Å². The SMILES string of the molecule is CNC(=O)C(=O)CC[C@H](NC(=O)c1ncc(OC)o1)C(=O)Nc1cccn(CCC(=O)NC2C3CC4CC(C3)CC2C4)c1=O. The lowest BCUT2D eigenvalue weighted by atomic mass is 9.54. The monoisotopic (exact) mass is 610 g/mol. The molecule has 14 heteroatoms. The van der Waals surface area contributed by atoms with E-state index >= 15 is 0 Å². The second kappa shape index (κ2) is 13.4. The molecule has 4 aliphatic carbocycles. The highest BCUT2D eigenvalue weighted by atomic mass is 16.6. The summed E-state index contributed by atoms with van der Waals surface area (Å²) in [5, 5.41) is 10.4. The van der Waals surface area contributed by atoms with Gasteiger partial charge in [0, 0.05) is 38.7 Å². The van der Waals surface area contributed by atoms with Gasteiger partial charge < -0.3 is 35.0 Å². The van der Waals surface area contributed by atoms with Crippen LogP contribution in [0.3, 0.4) is 0 Å². The van der Waals surface area contributed by atoms with E-state index in [1.165, 1.54) is 69.3 Å². The zero-order valence-corrected chi connectivity index (χ0v) is 24.8. The number of likely N-dealkylation sites (N-methyl/N-ethyl adjacent to an activating group) is 1. The lowest BCUT2D eigenvalue weighted by molar-refractivity contribution is -0.137. The second-order valence-electron chi connectivity index (χ2n) is 11.9. The standard InChI is InChI=1S/C30H38N6O8/c1-31-27(40)22(37)6-5-20(33-28(41)29-32-15-24(43-2)44-29)26(39)34-21-4-3-8-36(30(21)42)9-7-23(38)35-25-18-11-16-10-17(13-18)14-19(25)12-16/h3-4,8,15-20,25H,5-7,9-14H2,1-2H3,(H,31,40)(H,33,41)(H,34,39)(H,35,38)/t16?,17?,18?,19?,20-,25?/m0/s1. The molecule has 0 unspecified atom stereocenters. The number of hydrogen-bond acceptors (Lipinski definition) is 9. The summed E-state index contributed by atoms with van der Waals surface area (Å²) in [6.45, 7) is 0.120. The minimum Gasteiger partial charge on any atom is -0.467 e. The van der Waals surface area contributed by atoms with Crippen molar-refractivity contribution in [1.29, 1.82) is 0 Å². The molecule has 44 heavy (non-hydrogen) atoms. The number of aromatic nitrogens is 2. The van der Waals surface area contributed by atoms with Crippen molar-refractivity contribution in [2.45, 2.75) is 70.0 Å². The molecule has 2 aromatic rings. The Morgan fingerprint density at radius 3 is 2.41 bits per heavy atom. The fourth-order valence-corrected chi connectivity index (χ4v) is 7.14. The number of ketones is 1. The van der Waals surface area contributed by atoms with Crippen molar-refractivity contribution in [2.24, 2.45) is 23.7 Å².